The number of rotatable bonds is 2. The summed E-state index contributed by atoms with van der Waals surface area (Å²) in [5.41, 5.74) is 1.99. The average Bonchev–Trinajstić information content (AvgIpc) is 2.97. The number of carbonyl (C=O) groups excluding carboxylic acids is 1. The molecule has 0 aliphatic carbocycles. The van der Waals surface area contributed by atoms with Crippen LogP contribution in [0.25, 0.3) is 10.9 Å². The van der Waals surface area contributed by atoms with Gasteiger partial charge in [0.05, 0.1) is 12.1 Å². The number of piperidine rings is 1. The van der Waals surface area contributed by atoms with Crippen LogP contribution in [0.15, 0.2) is 36.5 Å². The Morgan fingerprint density at radius 3 is 2.86 bits per heavy atom. The lowest BCUT2D eigenvalue weighted by Crippen LogP contribution is -2.43. The number of hydrogen-bond acceptors (Lipinski definition) is 4. The highest BCUT2D eigenvalue weighted by atomic mass is 16.6. The number of aromatic nitrogens is 1. The summed E-state index contributed by atoms with van der Waals surface area (Å²) in [5.74, 6) is 0. The summed E-state index contributed by atoms with van der Waals surface area (Å²) >= 11 is 0. The molecule has 1 N–H and O–H groups in total. The number of para-hydroxylation sites is 1. The average molecular weight is 297 g/mol. The van der Waals surface area contributed by atoms with E-state index < -0.39 is 0 Å². The van der Waals surface area contributed by atoms with Gasteiger partial charge < -0.3 is 15.0 Å². The topological polar surface area (TPSA) is 54.5 Å². The van der Waals surface area contributed by atoms with E-state index in [4.69, 9.17) is 4.74 Å². The zero-order chi connectivity index (χ0) is 14.9. The summed E-state index contributed by atoms with van der Waals surface area (Å²) < 4.78 is 5.66. The molecule has 5 nitrogen and oxygen atoms in total. The summed E-state index contributed by atoms with van der Waals surface area (Å²) in [4.78, 5) is 18.5. The molecule has 22 heavy (non-hydrogen) atoms. The maximum absolute atomic E-state index is 12.3. The van der Waals surface area contributed by atoms with Crippen molar-refractivity contribution in [1.29, 1.82) is 0 Å². The molecule has 0 radical (unpaired) electrons. The highest BCUT2D eigenvalue weighted by Gasteiger charge is 2.37. The highest BCUT2D eigenvalue weighted by molar-refractivity contribution is 5.83. The van der Waals surface area contributed by atoms with Crippen molar-refractivity contribution in [3.63, 3.8) is 0 Å². The van der Waals surface area contributed by atoms with Gasteiger partial charge in [-0.15, -0.1) is 0 Å². The highest BCUT2D eigenvalue weighted by Crippen LogP contribution is 2.32. The predicted molar refractivity (Wildman–Crippen MR) is 83.6 cm³/mol. The molecule has 2 aliphatic rings. The minimum atomic E-state index is -0.199. The van der Waals surface area contributed by atoms with E-state index in [-0.39, 0.29) is 12.2 Å². The van der Waals surface area contributed by atoms with Gasteiger partial charge in [0.25, 0.3) is 0 Å². The van der Waals surface area contributed by atoms with Gasteiger partial charge in [0.1, 0.15) is 6.10 Å². The van der Waals surface area contributed by atoms with Gasteiger partial charge in [-0.05, 0) is 38.1 Å². The second-order valence-electron chi connectivity index (χ2n) is 5.92. The first-order chi connectivity index (χ1) is 10.8. The third-order valence-electron chi connectivity index (χ3n) is 4.62. The first-order valence-electron chi connectivity index (χ1n) is 7.84. The van der Waals surface area contributed by atoms with Crippen LogP contribution in [0, 0.1) is 0 Å². The molecule has 1 amide bonds. The number of hydrogen-bond donors (Lipinski definition) is 1. The fourth-order valence-electron chi connectivity index (χ4n) is 3.46. The number of carbonyl (C=O) groups is 1. The van der Waals surface area contributed by atoms with E-state index in [2.05, 4.69) is 10.3 Å². The van der Waals surface area contributed by atoms with E-state index in [0.29, 0.717) is 12.6 Å². The second-order valence-corrected chi connectivity index (χ2v) is 5.92. The smallest absolute Gasteiger partial charge is 0.410 e. The van der Waals surface area contributed by atoms with Gasteiger partial charge in [0.2, 0.25) is 0 Å². The number of benzene rings is 1. The summed E-state index contributed by atoms with van der Waals surface area (Å²) in [6, 6.07) is 10.3. The third kappa shape index (κ3) is 2.31. The van der Waals surface area contributed by atoms with Gasteiger partial charge in [-0.1, -0.05) is 18.2 Å². The fraction of sp³-hybridized carbons (Fsp3) is 0.412. The van der Waals surface area contributed by atoms with Crippen molar-refractivity contribution in [1.82, 2.24) is 15.2 Å². The molecule has 2 saturated heterocycles. The van der Waals surface area contributed by atoms with Crippen LogP contribution in [0.1, 0.15) is 24.5 Å². The molecule has 2 aliphatic heterocycles. The van der Waals surface area contributed by atoms with E-state index in [1.54, 1.807) is 6.20 Å². The maximum atomic E-state index is 12.3. The van der Waals surface area contributed by atoms with Crippen LogP contribution in [0.3, 0.4) is 0 Å². The largest absolute Gasteiger partial charge is 0.439 e. The zero-order valence-corrected chi connectivity index (χ0v) is 12.4. The van der Waals surface area contributed by atoms with Gasteiger partial charge in [-0.25, -0.2) is 4.79 Å². The first-order valence-corrected chi connectivity index (χ1v) is 7.84. The van der Waals surface area contributed by atoms with Gasteiger partial charge in [0.15, 0.2) is 0 Å². The number of ether oxygens (including phenoxy) is 1. The van der Waals surface area contributed by atoms with E-state index >= 15 is 0 Å². The van der Waals surface area contributed by atoms with Crippen molar-refractivity contribution < 1.29 is 9.53 Å². The molecule has 5 heteroatoms. The fourth-order valence-corrected chi connectivity index (χ4v) is 3.46. The normalized spacial score (nSPS) is 23.0. The Kier molecular flexibility index (Phi) is 3.42. The van der Waals surface area contributed by atoms with Crippen molar-refractivity contribution in [3.8, 4) is 0 Å². The molecule has 1 aromatic heterocycles. The Hall–Kier alpha value is -2.14. The van der Waals surface area contributed by atoms with E-state index in [0.717, 1.165) is 42.4 Å². The van der Waals surface area contributed by atoms with Gasteiger partial charge in [-0.2, -0.15) is 0 Å². The number of cyclic esters (lactones) is 1. The number of nitrogens with one attached hydrogen (secondary N) is 1. The Morgan fingerprint density at radius 1 is 1.18 bits per heavy atom. The van der Waals surface area contributed by atoms with Crippen LogP contribution in [0.5, 0.6) is 0 Å². The van der Waals surface area contributed by atoms with E-state index in [9.17, 15) is 4.79 Å². The Labute approximate surface area is 129 Å². The molecule has 114 valence electrons. The van der Waals surface area contributed by atoms with Crippen LogP contribution in [0.2, 0.25) is 0 Å². The molecule has 1 aromatic carbocycles. The standard InChI is InChI=1S/C17H19N3O2/c21-17-20(12-5-8-18-9-6-12)11-16(22-17)14-7-10-19-15-4-2-1-3-13(14)15/h1-4,7,10,12,16,18H,5-6,8-9,11H2. The lowest BCUT2D eigenvalue weighted by Gasteiger charge is -2.29. The lowest BCUT2D eigenvalue weighted by atomic mass is 10.0. The van der Waals surface area contributed by atoms with Gasteiger partial charge >= 0.3 is 6.09 Å². The molecule has 2 fully saturated rings. The summed E-state index contributed by atoms with van der Waals surface area (Å²) in [6.07, 6.45) is 3.41. The molecule has 4 rings (SSSR count). The van der Waals surface area contributed by atoms with Crippen LogP contribution < -0.4 is 5.32 Å². The van der Waals surface area contributed by atoms with Crippen LogP contribution in [-0.4, -0.2) is 41.7 Å². The molecule has 0 saturated carbocycles. The number of fused-ring (bicyclic) bond motifs is 1. The van der Waals surface area contributed by atoms with Crippen molar-refractivity contribution in [3.05, 3.63) is 42.1 Å². The Balaban J connectivity index is 1.62. The van der Waals surface area contributed by atoms with Crippen LogP contribution in [-0.2, 0) is 4.74 Å². The lowest BCUT2D eigenvalue weighted by molar-refractivity contribution is 0.125. The minimum absolute atomic E-state index is 0.183. The van der Waals surface area contributed by atoms with Crippen molar-refractivity contribution >= 4 is 17.0 Å². The molecular weight excluding hydrogens is 278 g/mol. The van der Waals surface area contributed by atoms with Gasteiger partial charge in [-0.3, -0.25) is 4.98 Å². The maximum Gasteiger partial charge on any atom is 0.410 e. The van der Waals surface area contributed by atoms with E-state index in [1.165, 1.54) is 0 Å². The quantitative estimate of drug-likeness (QED) is 0.925. The molecule has 3 heterocycles. The monoisotopic (exact) mass is 297 g/mol. The molecule has 1 unspecified atom stereocenters. The third-order valence-corrected chi connectivity index (χ3v) is 4.62. The zero-order valence-electron chi connectivity index (χ0n) is 12.4. The van der Waals surface area contributed by atoms with Crippen molar-refractivity contribution in [2.75, 3.05) is 19.6 Å². The molecule has 2 aromatic rings. The number of amides is 1. The Morgan fingerprint density at radius 2 is 2.00 bits per heavy atom. The second kappa shape index (κ2) is 5.57. The molecule has 0 bridgehead atoms. The minimum Gasteiger partial charge on any atom is -0.439 e. The van der Waals surface area contributed by atoms with Crippen molar-refractivity contribution in [2.24, 2.45) is 0 Å². The van der Waals surface area contributed by atoms with Crippen LogP contribution >= 0.6 is 0 Å². The van der Waals surface area contributed by atoms with Gasteiger partial charge in [0, 0.05) is 23.2 Å². The number of pyridine rings is 1. The molecule has 1 atom stereocenters. The number of nitrogens with zero attached hydrogens (tertiary/aromatic N) is 2. The SMILES string of the molecule is O=C1OC(c2ccnc3ccccc23)CN1C1CCNCC1. The molecular formula is C17H19N3O2. The first kappa shape index (κ1) is 13.5. The summed E-state index contributed by atoms with van der Waals surface area (Å²) in [5, 5.41) is 4.40. The summed E-state index contributed by atoms with van der Waals surface area (Å²) in [7, 11) is 0. The predicted octanol–water partition coefficient (Wildman–Crippen LogP) is 2.48. The summed E-state index contributed by atoms with van der Waals surface area (Å²) in [6.45, 7) is 2.58. The van der Waals surface area contributed by atoms with Crippen molar-refractivity contribution in [2.45, 2.75) is 25.0 Å². The van der Waals surface area contributed by atoms with E-state index in [1.807, 2.05) is 35.2 Å². The van der Waals surface area contributed by atoms with Crippen LogP contribution in [0.4, 0.5) is 4.79 Å². The molecule has 0 spiro atoms. The Bertz CT molecular complexity index is 692.